The molecule has 20 heavy (non-hydrogen) atoms. The molecule has 1 aromatic carbocycles. The number of rotatable bonds is 2. The Morgan fingerprint density at radius 3 is 2.70 bits per heavy atom. The summed E-state index contributed by atoms with van der Waals surface area (Å²) in [6.45, 7) is 5.47. The highest BCUT2D eigenvalue weighted by atomic mass is 16.5. The van der Waals surface area contributed by atoms with E-state index in [0.717, 1.165) is 29.3 Å². The van der Waals surface area contributed by atoms with E-state index in [1.54, 1.807) is 4.68 Å². The third kappa shape index (κ3) is 2.17. The molecular formula is C14H18N4O2. The van der Waals surface area contributed by atoms with Crippen LogP contribution in [-0.4, -0.2) is 28.2 Å². The Balaban J connectivity index is 2.05. The summed E-state index contributed by atoms with van der Waals surface area (Å²) in [4.78, 5) is 0. The van der Waals surface area contributed by atoms with Crippen molar-refractivity contribution in [3.8, 4) is 17.2 Å². The van der Waals surface area contributed by atoms with Crippen LogP contribution in [0.3, 0.4) is 0 Å². The molecule has 2 aromatic rings. The number of hydrogen-bond acceptors (Lipinski definition) is 5. The number of anilines is 1. The quantitative estimate of drug-likeness (QED) is 0.908. The lowest BCUT2D eigenvalue weighted by molar-refractivity contribution is 0.297. The summed E-state index contributed by atoms with van der Waals surface area (Å²) in [7, 11) is 0. The summed E-state index contributed by atoms with van der Waals surface area (Å²) < 4.78 is 13.1. The largest absolute Gasteiger partial charge is 0.490 e. The van der Waals surface area contributed by atoms with Crippen LogP contribution < -0.4 is 15.2 Å². The molecule has 3 rings (SSSR count). The van der Waals surface area contributed by atoms with Gasteiger partial charge in [-0.3, -0.25) is 0 Å². The van der Waals surface area contributed by atoms with Crippen molar-refractivity contribution >= 4 is 5.82 Å². The van der Waals surface area contributed by atoms with Crippen molar-refractivity contribution in [1.29, 1.82) is 0 Å². The molecule has 0 saturated carbocycles. The number of nitrogen functional groups attached to an aromatic ring is 1. The Labute approximate surface area is 117 Å². The van der Waals surface area contributed by atoms with Crippen LogP contribution in [0.2, 0.25) is 0 Å². The van der Waals surface area contributed by atoms with Crippen LogP contribution in [-0.2, 0) is 0 Å². The van der Waals surface area contributed by atoms with Gasteiger partial charge in [-0.15, -0.1) is 5.10 Å². The molecule has 6 heteroatoms. The monoisotopic (exact) mass is 274 g/mol. The first kappa shape index (κ1) is 12.8. The Morgan fingerprint density at radius 1 is 1.20 bits per heavy atom. The maximum atomic E-state index is 5.89. The van der Waals surface area contributed by atoms with Gasteiger partial charge in [-0.25, -0.2) is 4.68 Å². The van der Waals surface area contributed by atoms with Crippen LogP contribution in [0.1, 0.15) is 31.9 Å². The first-order valence-corrected chi connectivity index (χ1v) is 6.78. The van der Waals surface area contributed by atoms with Crippen molar-refractivity contribution in [3.63, 3.8) is 0 Å². The third-order valence-electron chi connectivity index (χ3n) is 3.26. The van der Waals surface area contributed by atoms with Crippen molar-refractivity contribution in [2.75, 3.05) is 18.9 Å². The maximum absolute atomic E-state index is 5.89. The first-order chi connectivity index (χ1) is 9.66. The Morgan fingerprint density at radius 2 is 1.95 bits per heavy atom. The summed E-state index contributed by atoms with van der Waals surface area (Å²) in [5.41, 5.74) is 7.67. The van der Waals surface area contributed by atoms with Gasteiger partial charge < -0.3 is 15.2 Å². The molecule has 0 aliphatic carbocycles. The molecule has 1 aromatic heterocycles. The molecule has 0 fully saturated rings. The molecule has 106 valence electrons. The number of nitrogens with two attached hydrogens (primary N) is 1. The molecule has 0 saturated heterocycles. The van der Waals surface area contributed by atoms with Gasteiger partial charge in [0.1, 0.15) is 0 Å². The van der Waals surface area contributed by atoms with E-state index in [9.17, 15) is 0 Å². The third-order valence-corrected chi connectivity index (χ3v) is 3.26. The lowest BCUT2D eigenvalue weighted by Gasteiger charge is -2.12. The average molecular weight is 274 g/mol. The lowest BCUT2D eigenvalue weighted by atomic mass is 10.1. The Hall–Kier alpha value is -2.24. The summed E-state index contributed by atoms with van der Waals surface area (Å²) in [6.07, 6.45) is 0.886. The topological polar surface area (TPSA) is 75.2 Å². The molecule has 0 radical (unpaired) electrons. The molecule has 0 unspecified atom stereocenters. The smallest absolute Gasteiger partial charge is 0.169 e. The highest BCUT2D eigenvalue weighted by molar-refractivity contribution is 5.51. The summed E-state index contributed by atoms with van der Waals surface area (Å²) in [5, 5.41) is 8.09. The minimum Gasteiger partial charge on any atom is -0.490 e. The van der Waals surface area contributed by atoms with Crippen LogP contribution in [0.25, 0.3) is 5.69 Å². The summed E-state index contributed by atoms with van der Waals surface area (Å²) in [6, 6.07) is 5.76. The van der Waals surface area contributed by atoms with Crippen LogP contribution in [0.4, 0.5) is 5.82 Å². The Kier molecular flexibility index (Phi) is 3.22. The molecule has 1 aliphatic rings. The highest BCUT2D eigenvalue weighted by Crippen LogP contribution is 2.33. The van der Waals surface area contributed by atoms with E-state index in [4.69, 9.17) is 15.2 Å². The van der Waals surface area contributed by atoms with Crippen LogP contribution in [0.15, 0.2) is 18.2 Å². The van der Waals surface area contributed by atoms with Crippen LogP contribution in [0.5, 0.6) is 11.5 Å². The maximum Gasteiger partial charge on any atom is 0.169 e. The molecule has 6 nitrogen and oxygen atoms in total. The second kappa shape index (κ2) is 5.03. The molecule has 1 aliphatic heterocycles. The fourth-order valence-corrected chi connectivity index (χ4v) is 2.32. The van der Waals surface area contributed by atoms with Crippen LogP contribution in [0, 0.1) is 0 Å². The fourth-order valence-electron chi connectivity index (χ4n) is 2.32. The standard InChI is InChI=1S/C14H18N4O2/c1-9(2)13-14(15)16-17-18(13)10-4-5-11-12(8-10)20-7-3-6-19-11/h4-5,8-9H,3,6-7,15H2,1-2H3. The van der Waals surface area contributed by atoms with Gasteiger partial charge in [0, 0.05) is 12.5 Å². The Bertz CT molecular complexity index is 622. The van der Waals surface area contributed by atoms with Crippen molar-refractivity contribution in [2.24, 2.45) is 0 Å². The molecule has 0 bridgehead atoms. The summed E-state index contributed by atoms with van der Waals surface area (Å²) >= 11 is 0. The molecule has 0 spiro atoms. The van der Waals surface area contributed by atoms with E-state index < -0.39 is 0 Å². The normalized spacial score (nSPS) is 14.3. The van der Waals surface area contributed by atoms with Crippen molar-refractivity contribution in [3.05, 3.63) is 23.9 Å². The molecule has 2 heterocycles. The van der Waals surface area contributed by atoms with E-state index in [0.29, 0.717) is 19.0 Å². The van der Waals surface area contributed by atoms with Crippen molar-refractivity contribution in [1.82, 2.24) is 15.0 Å². The van der Waals surface area contributed by atoms with Gasteiger partial charge >= 0.3 is 0 Å². The average Bonchev–Trinajstić information content (AvgIpc) is 2.67. The number of hydrogen-bond donors (Lipinski definition) is 1. The first-order valence-electron chi connectivity index (χ1n) is 6.78. The number of benzene rings is 1. The lowest BCUT2D eigenvalue weighted by Crippen LogP contribution is -2.06. The molecule has 2 N–H and O–H groups in total. The second-order valence-corrected chi connectivity index (χ2v) is 5.11. The second-order valence-electron chi connectivity index (χ2n) is 5.11. The molecular weight excluding hydrogens is 256 g/mol. The van der Waals surface area contributed by atoms with Crippen LogP contribution >= 0.6 is 0 Å². The fraction of sp³-hybridized carbons (Fsp3) is 0.429. The van der Waals surface area contributed by atoms with E-state index in [2.05, 4.69) is 24.2 Å². The van der Waals surface area contributed by atoms with E-state index in [1.165, 1.54) is 0 Å². The van der Waals surface area contributed by atoms with E-state index in [1.807, 2.05) is 18.2 Å². The number of aromatic nitrogens is 3. The number of nitrogens with zero attached hydrogens (tertiary/aromatic N) is 3. The minimum atomic E-state index is 0.237. The van der Waals surface area contributed by atoms with Gasteiger partial charge in [-0.2, -0.15) is 0 Å². The predicted molar refractivity (Wildman–Crippen MR) is 75.5 cm³/mol. The number of fused-ring (bicyclic) bond motifs is 1. The van der Waals surface area contributed by atoms with Gasteiger partial charge in [0.2, 0.25) is 0 Å². The van der Waals surface area contributed by atoms with Gasteiger partial charge in [-0.1, -0.05) is 19.1 Å². The summed E-state index contributed by atoms with van der Waals surface area (Å²) in [5.74, 6) is 2.21. The predicted octanol–water partition coefficient (Wildman–Crippen LogP) is 2.13. The van der Waals surface area contributed by atoms with E-state index in [-0.39, 0.29) is 5.92 Å². The minimum absolute atomic E-state index is 0.237. The van der Waals surface area contributed by atoms with Gasteiger partial charge in [0.25, 0.3) is 0 Å². The van der Waals surface area contributed by atoms with Crippen molar-refractivity contribution in [2.45, 2.75) is 26.2 Å². The van der Waals surface area contributed by atoms with Gasteiger partial charge in [0.15, 0.2) is 17.3 Å². The van der Waals surface area contributed by atoms with Crippen molar-refractivity contribution < 1.29 is 9.47 Å². The zero-order valence-electron chi connectivity index (χ0n) is 11.7. The SMILES string of the molecule is CC(C)c1c(N)nnn1-c1ccc2c(c1)OCCCO2. The van der Waals surface area contributed by atoms with E-state index >= 15 is 0 Å². The molecule has 0 amide bonds. The van der Waals surface area contributed by atoms with Gasteiger partial charge in [-0.05, 0) is 18.1 Å². The highest BCUT2D eigenvalue weighted by Gasteiger charge is 2.17. The van der Waals surface area contributed by atoms with Gasteiger partial charge in [0.05, 0.1) is 24.6 Å². The number of ether oxygens (including phenoxy) is 2. The zero-order chi connectivity index (χ0) is 14.1. The molecule has 0 atom stereocenters. The zero-order valence-corrected chi connectivity index (χ0v) is 11.7.